The number of nitrogen functional groups attached to an aromatic ring is 1. The van der Waals surface area contributed by atoms with Gasteiger partial charge in [-0.25, -0.2) is 0 Å². The largest absolute Gasteiger partial charge is 0.491 e. The smallest absolute Gasteiger partial charge is 0.252 e. The van der Waals surface area contributed by atoms with Crippen LogP contribution in [0.3, 0.4) is 0 Å². The third-order valence-corrected chi connectivity index (χ3v) is 4.68. The summed E-state index contributed by atoms with van der Waals surface area (Å²) >= 11 is 0. The molecule has 1 aromatic heterocycles. The molecule has 0 aliphatic rings. The molecule has 4 N–H and O–H groups in total. The fourth-order valence-corrected chi connectivity index (χ4v) is 3.10. The minimum atomic E-state index is -0.267. The lowest BCUT2D eigenvalue weighted by Crippen LogP contribution is -2.27. The third-order valence-electron chi connectivity index (χ3n) is 4.68. The SMILES string of the molecule is Cc1ccc(N)cc1C(=O)NC(C)c1cc(OCCO)cc(-c2cnn(C)c2)c1. The van der Waals surface area contributed by atoms with E-state index in [1.807, 2.05) is 51.4 Å². The van der Waals surface area contributed by atoms with Crippen molar-refractivity contribution >= 4 is 11.6 Å². The van der Waals surface area contributed by atoms with Crippen molar-refractivity contribution in [2.75, 3.05) is 18.9 Å². The van der Waals surface area contributed by atoms with Gasteiger partial charge in [-0.15, -0.1) is 0 Å². The number of anilines is 1. The van der Waals surface area contributed by atoms with Crippen molar-refractivity contribution in [1.82, 2.24) is 15.1 Å². The molecule has 2 aromatic carbocycles. The number of aliphatic hydroxyl groups excluding tert-OH is 1. The number of aryl methyl sites for hydroxylation is 2. The maximum atomic E-state index is 12.8. The van der Waals surface area contributed by atoms with E-state index in [2.05, 4.69) is 10.4 Å². The summed E-state index contributed by atoms with van der Waals surface area (Å²) in [6.45, 7) is 3.91. The Morgan fingerprint density at radius 2 is 2.07 bits per heavy atom. The first-order valence-electron chi connectivity index (χ1n) is 9.42. The molecule has 0 saturated carbocycles. The van der Waals surface area contributed by atoms with E-state index in [0.29, 0.717) is 17.0 Å². The molecule has 0 radical (unpaired) electrons. The van der Waals surface area contributed by atoms with Crippen LogP contribution < -0.4 is 15.8 Å². The number of amides is 1. The molecule has 0 fully saturated rings. The fourth-order valence-electron chi connectivity index (χ4n) is 3.10. The monoisotopic (exact) mass is 394 g/mol. The summed E-state index contributed by atoms with van der Waals surface area (Å²) in [7, 11) is 1.85. The quantitative estimate of drug-likeness (QED) is 0.535. The minimum absolute atomic E-state index is 0.0759. The molecule has 152 valence electrons. The summed E-state index contributed by atoms with van der Waals surface area (Å²) in [6, 6.07) is 10.8. The average molecular weight is 394 g/mol. The first kappa shape index (κ1) is 20.4. The van der Waals surface area contributed by atoms with Crippen LogP contribution in [0.25, 0.3) is 11.1 Å². The molecular formula is C22H26N4O3. The third kappa shape index (κ3) is 4.94. The van der Waals surface area contributed by atoms with Crippen LogP contribution in [0.1, 0.15) is 34.5 Å². The van der Waals surface area contributed by atoms with Crippen LogP contribution in [0, 0.1) is 6.92 Å². The summed E-state index contributed by atoms with van der Waals surface area (Å²) in [5, 5.41) is 16.3. The van der Waals surface area contributed by atoms with Gasteiger partial charge in [-0.3, -0.25) is 9.48 Å². The highest BCUT2D eigenvalue weighted by Gasteiger charge is 2.16. The summed E-state index contributed by atoms with van der Waals surface area (Å²) in [6.07, 6.45) is 3.68. The maximum absolute atomic E-state index is 12.8. The Balaban J connectivity index is 1.89. The first-order valence-corrected chi connectivity index (χ1v) is 9.42. The van der Waals surface area contributed by atoms with Crippen LogP contribution in [-0.4, -0.2) is 34.0 Å². The van der Waals surface area contributed by atoms with E-state index in [1.165, 1.54) is 0 Å². The minimum Gasteiger partial charge on any atom is -0.491 e. The number of carbonyl (C=O) groups is 1. The van der Waals surface area contributed by atoms with Gasteiger partial charge < -0.3 is 20.9 Å². The number of ether oxygens (including phenoxy) is 1. The Morgan fingerprint density at radius 3 is 2.76 bits per heavy atom. The summed E-state index contributed by atoms with van der Waals surface area (Å²) in [4.78, 5) is 12.8. The van der Waals surface area contributed by atoms with E-state index in [0.717, 1.165) is 22.3 Å². The number of benzene rings is 2. The van der Waals surface area contributed by atoms with Gasteiger partial charge >= 0.3 is 0 Å². The highest BCUT2D eigenvalue weighted by Crippen LogP contribution is 2.29. The number of hydrogen-bond acceptors (Lipinski definition) is 5. The second-order valence-corrected chi connectivity index (χ2v) is 7.03. The molecule has 3 aromatic rings. The van der Waals surface area contributed by atoms with Crippen molar-refractivity contribution in [3.8, 4) is 16.9 Å². The summed E-state index contributed by atoms with van der Waals surface area (Å²) in [5.74, 6) is 0.434. The molecule has 0 aliphatic carbocycles. The molecule has 0 spiro atoms. The van der Waals surface area contributed by atoms with E-state index in [4.69, 9.17) is 15.6 Å². The van der Waals surface area contributed by atoms with Gasteiger partial charge in [0.25, 0.3) is 5.91 Å². The zero-order valence-electron chi connectivity index (χ0n) is 16.8. The van der Waals surface area contributed by atoms with E-state index in [9.17, 15) is 4.79 Å². The maximum Gasteiger partial charge on any atom is 0.252 e. The lowest BCUT2D eigenvalue weighted by molar-refractivity contribution is 0.0939. The predicted molar refractivity (Wildman–Crippen MR) is 113 cm³/mol. The molecule has 1 heterocycles. The molecule has 3 rings (SSSR count). The summed E-state index contributed by atoms with van der Waals surface area (Å²) in [5.41, 5.74) is 10.5. The van der Waals surface area contributed by atoms with Gasteiger partial charge in [-0.05, 0) is 60.9 Å². The van der Waals surface area contributed by atoms with Crippen LogP contribution in [0.5, 0.6) is 5.75 Å². The first-order chi connectivity index (χ1) is 13.9. The molecule has 0 aliphatic heterocycles. The lowest BCUT2D eigenvalue weighted by Gasteiger charge is -2.18. The van der Waals surface area contributed by atoms with Crippen LogP contribution in [0.2, 0.25) is 0 Å². The van der Waals surface area contributed by atoms with E-state index in [1.54, 1.807) is 23.0 Å². The van der Waals surface area contributed by atoms with Crippen LogP contribution in [-0.2, 0) is 7.05 Å². The number of aromatic nitrogens is 2. The molecule has 0 saturated heterocycles. The molecule has 1 atom stereocenters. The Hall–Kier alpha value is -3.32. The molecule has 29 heavy (non-hydrogen) atoms. The number of hydrogen-bond donors (Lipinski definition) is 3. The van der Waals surface area contributed by atoms with Gasteiger partial charge in [0, 0.05) is 30.1 Å². The van der Waals surface area contributed by atoms with E-state index < -0.39 is 0 Å². The topological polar surface area (TPSA) is 102 Å². The highest BCUT2D eigenvalue weighted by atomic mass is 16.5. The number of rotatable bonds is 7. The molecule has 7 nitrogen and oxygen atoms in total. The standard InChI is InChI=1S/C22H26N4O3/c1-14-4-5-19(23)11-21(14)22(28)25-15(2)16-8-17(18-12-24-26(3)13-18)10-20(9-16)29-7-6-27/h4-5,8-13,15,27H,6-7,23H2,1-3H3,(H,25,28). The molecule has 0 bridgehead atoms. The zero-order chi connectivity index (χ0) is 21.0. The Labute approximate surface area is 170 Å². The molecule has 7 heteroatoms. The lowest BCUT2D eigenvalue weighted by atomic mass is 10.0. The molecule has 1 unspecified atom stereocenters. The van der Waals surface area contributed by atoms with Crippen molar-refractivity contribution in [2.24, 2.45) is 7.05 Å². The van der Waals surface area contributed by atoms with Crippen molar-refractivity contribution in [2.45, 2.75) is 19.9 Å². The second kappa shape index (κ2) is 8.79. The number of carbonyl (C=O) groups excluding carboxylic acids is 1. The van der Waals surface area contributed by atoms with Crippen molar-refractivity contribution in [3.63, 3.8) is 0 Å². The van der Waals surface area contributed by atoms with Gasteiger partial charge in [0.15, 0.2) is 0 Å². The van der Waals surface area contributed by atoms with Crippen molar-refractivity contribution < 1.29 is 14.6 Å². The van der Waals surface area contributed by atoms with Gasteiger partial charge in [-0.1, -0.05) is 6.07 Å². The molecular weight excluding hydrogens is 368 g/mol. The number of nitrogens with one attached hydrogen (secondary N) is 1. The van der Waals surface area contributed by atoms with Crippen LogP contribution >= 0.6 is 0 Å². The number of nitrogens with zero attached hydrogens (tertiary/aromatic N) is 2. The zero-order valence-corrected chi connectivity index (χ0v) is 16.8. The van der Waals surface area contributed by atoms with Crippen LogP contribution in [0.15, 0.2) is 48.8 Å². The second-order valence-electron chi connectivity index (χ2n) is 7.03. The molecule has 1 amide bonds. The van der Waals surface area contributed by atoms with E-state index >= 15 is 0 Å². The predicted octanol–water partition coefficient (Wildman–Crippen LogP) is 2.84. The Kier molecular flexibility index (Phi) is 6.19. The summed E-state index contributed by atoms with van der Waals surface area (Å²) < 4.78 is 7.36. The van der Waals surface area contributed by atoms with Gasteiger partial charge in [0.2, 0.25) is 0 Å². The van der Waals surface area contributed by atoms with E-state index in [-0.39, 0.29) is 25.2 Å². The Bertz CT molecular complexity index is 1010. The average Bonchev–Trinajstić information content (AvgIpc) is 3.14. The Morgan fingerprint density at radius 1 is 1.28 bits per heavy atom. The van der Waals surface area contributed by atoms with Gasteiger partial charge in [0.1, 0.15) is 12.4 Å². The number of aliphatic hydroxyl groups is 1. The highest BCUT2D eigenvalue weighted by molar-refractivity contribution is 5.96. The van der Waals surface area contributed by atoms with Crippen LogP contribution in [0.4, 0.5) is 5.69 Å². The number of nitrogens with two attached hydrogens (primary N) is 1. The van der Waals surface area contributed by atoms with Gasteiger partial charge in [0.05, 0.1) is 18.8 Å². The van der Waals surface area contributed by atoms with Crippen molar-refractivity contribution in [1.29, 1.82) is 0 Å². The van der Waals surface area contributed by atoms with Crippen molar-refractivity contribution in [3.05, 3.63) is 65.5 Å². The fraction of sp³-hybridized carbons (Fsp3) is 0.273. The van der Waals surface area contributed by atoms with Gasteiger partial charge in [-0.2, -0.15) is 5.10 Å². The normalized spacial score (nSPS) is 11.9.